The van der Waals surface area contributed by atoms with Gasteiger partial charge in [0, 0.05) is 19.5 Å². The molecular formula is C12H23N3O2. The Bertz CT molecular complexity index is 273. The number of primary amides is 1. The van der Waals surface area contributed by atoms with Gasteiger partial charge in [-0.25, -0.2) is 0 Å². The number of rotatable bonds is 6. The van der Waals surface area contributed by atoms with Crippen molar-refractivity contribution in [2.24, 2.45) is 11.1 Å². The second-order valence-corrected chi connectivity index (χ2v) is 5.02. The summed E-state index contributed by atoms with van der Waals surface area (Å²) in [4.78, 5) is 22.5. The highest BCUT2D eigenvalue weighted by Gasteiger charge is 2.34. The molecule has 0 radical (unpaired) electrons. The second-order valence-electron chi connectivity index (χ2n) is 5.02. The summed E-state index contributed by atoms with van der Waals surface area (Å²) in [6.07, 6.45) is 3.93. The molecule has 1 saturated heterocycles. The number of amides is 2. The lowest BCUT2D eigenvalue weighted by molar-refractivity contribution is -0.131. The molecule has 0 spiro atoms. The molecule has 0 aromatic carbocycles. The summed E-state index contributed by atoms with van der Waals surface area (Å²) >= 11 is 0. The Kier molecular flexibility index (Phi) is 5.41. The van der Waals surface area contributed by atoms with Crippen molar-refractivity contribution in [1.82, 2.24) is 10.6 Å². The van der Waals surface area contributed by atoms with E-state index in [1.165, 1.54) is 0 Å². The van der Waals surface area contributed by atoms with Crippen molar-refractivity contribution in [2.45, 2.75) is 39.0 Å². The Labute approximate surface area is 103 Å². The molecule has 1 aliphatic rings. The molecular weight excluding hydrogens is 218 g/mol. The van der Waals surface area contributed by atoms with Gasteiger partial charge in [-0.2, -0.15) is 0 Å². The van der Waals surface area contributed by atoms with Crippen LogP contribution in [0.3, 0.4) is 0 Å². The Morgan fingerprint density at radius 1 is 1.41 bits per heavy atom. The lowest BCUT2D eigenvalue weighted by Crippen LogP contribution is -2.48. The normalized spacial score (nSPS) is 24.3. The molecule has 5 nitrogen and oxygen atoms in total. The molecule has 98 valence electrons. The molecule has 4 N–H and O–H groups in total. The maximum atomic E-state index is 12.0. The fourth-order valence-electron chi connectivity index (χ4n) is 2.09. The first-order valence-corrected chi connectivity index (χ1v) is 6.32. The van der Waals surface area contributed by atoms with Gasteiger partial charge in [0.1, 0.15) is 0 Å². The molecule has 2 amide bonds. The number of nitrogens with one attached hydrogen (secondary N) is 2. The zero-order valence-corrected chi connectivity index (χ0v) is 10.6. The number of carbonyl (C=O) groups is 2. The molecule has 0 aliphatic carbocycles. The van der Waals surface area contributed by atoms with Crippen molar-refractivity contribution in [3.05, 3.63) is 0 Å². The molecule has 0 bridgehead atoms. The Morgan fingerprint density at radius 2 is 2.18 bits per heavy atom. The quantitative estimate of drug-likeness (QED) is 0.579. The Hall–Kier alpha value is -1.10. The number of piperidine rings is 1. The van der Waals surface area contributed by atoms with E-state index in [0.29, 0.717) is 13.0 Å². The van der Waals surface area contributed by atoms with E-state index >= 15 is 0 Å². The van der Waals surface area contributed by atoms with E-state index in [1.807, 2.05) is 6.92 Å². The largest absolute Gasteiger partial charge is 0.370 e. The van der Waals surface area contributed by atoms with E-state index < -0.39 is 0 Å². The van der Waals surface area contributed by atoms with Crippen LogP contribution in [0.15, 0.2) is 0 Å². The van der Waals surface area contributed by atoms with Crippen LogP contribution < -0.4 is 16.4 Å². The molecule has 0 aromatic rings. The van der Waals surface area contributed by atoms with Crippen LogP contribution in [0.5, 0.6) is 0 Å². The third-order valence-corrected chi connectivity index (χ3v) is 3.28. The molecule has 1 fully saturated rings. The fraction of sp³-hybridized carbons (Fsp3) is 0.833. The molecule has 0 aromatic heterocycles. The smallest absolute Gasteiger partial charge is 0.227 e. The molecule has 1 aliphatic heterocycles. The predicted molar refractivity (Wildman–Crippen MR) is 66.3 cm³/mol. The Balaban J connectivity index is 2.17. The molecule has 1 unspecified atom stereocenters. The van der Waals surface area contributed by atoms with E-state index in [0.717, 1.165) is 38.8 Å². The summed E-state index contributed by atoms with van der Waals surface area (Å²) in [5.41, 5.74) is 4.76. The van der Waals surface area contributed by atoms with Crippen LogP contribution in [0, 0.1) is 5.41 Å². The first kappa shape index (κ1) is 14.0. The zero-order chi connectivity index (χ0) is 12.7. The van der Waals surface area contributed by atoms with Crippen LogP contribution in [0.2, 0.25) is 0 Å². The molecule has 1 heterocycles. The van der Waals surface area contributed by atoms with Gasteiger partial charge in [0.25, 0.3) is 0 Å². The monoisotopic (exact) mass is 241 g/mol. The minimum atomic E-state index is -0.278. The lowest BCUT2D eigenvalue weighted by atomic mass is 9.82. The average Bonchev–Trinajstić information content (AvgIpc) is 2.29. The minimum Gasteiger partial charge on any atom is -0.370 e. The predicted octanol–water partition coefficient (Wildman–Crippen LogP) is 0.148. The first-order valence-electron chi connectivity index (χ1n) is 6.32. The summed E-state index contributed by atoms with van der Waals surface area (Å²) in [5, 5.41) is 6.19. The first-order chi connectivity index (χ1) is 8.04. The number of hydrogen-bond acceptors (Lipinski definition) is 3. The highest BCUT2D eigenvalue weighted by molar-refractivity contribution is 5.82. The molecule has 1 atom stereocenters. The van der Waals surface area contributed by atoms with Gasteiger partial charge in [0.15, 0.2) is 0 Å². The highest BCUT2D eigenvalue weighted by atomic mass is 16.2. The van der Waals surface area contributed by atoms with Gasteiger partial charge >= 0.3 is 0 Å². The second kappa shape index (κ2) is 6.59. The van der Waals surface area contributed by atoms with Gasteiger partial charge in [0.2, 0.25) is 11.8 Å². The fourth-order valence-corrected chi connectivity index (χ4v) is 2.09. The van der Waals surface area contributed by atoms with Crippen LogP contribution >= 0.6 is 0 Å². The SMILES string of the molecule is CC1(C(=O)NCCCCC(N)=O)CCCNC1. The minimum absolute atomic E-state index is 0.115. The third-order valence-electron chi connectivity index (χ3n) is 3.28. The van der Waals surface area contributed by atoms with Gasteiger partial charge in [-0.05, 0) is 39.2 Å². The van der Waals surface area contributed by atoms with E-state index in [-0.39, 0.29) is 17.2 Å². The maximum Gasteiger partial charge on any atom is 0.227 e. The van der Waals surface area contributed by atoms with Crippen molar-refractivity contribution >= 4 is 11.8 Å². The van der Waals surface area contributed by atoms with E-state index in [9.17, 15) is 9.59 Å². The van der Waals surface area contributed by atoms with Crippen LogP contribution in [0.4, 0.5) is 0 Å². The summed E-state index contributed by atoms with van der Waals surface area (Å²) in [7, 11) is 0. The van der Waals surface area contributed by atoms with Crippen LogP contribution in [0.1, 0.15) is 39.0 Å². The number of unbranched alkanes of at least 4 members (excludes halogenated alkanes) is 1. The van der Waals surface area contributed by atoms with Crippen molar-refractivity contribution in [3.63, 3.8) is 0 Å². The number of nitrogens with two attached hydrogens (primary N) is 1. The Morgan fingerprint density at radius 3 is 2.76 bits per heavy atom. The number of carbonyl (C=O) groups excluding carboxylic acids is 2. The summed E-state index contributed by atoms with van der Waals surface area (Å²) < 4.78 is 0. The van der Waals surface area contributed by atoms with Crippen molar-refractivity contribution in [3.8, 4) is 0 Å². The summed E-state index contributed by atoms with van der Waals surface area (Å²) in [6.45, 7) is 4.38. The maximum absolute atomic E-state index is 12.0. The van der Waals surface area contributed by atoms with Gasteiger partial charge in [-0.15, -0.1) is 0 Å². The third kappa shape index (κ3) is 4.73. The van der Waals surface area contributed by atoms with Crippen molar-refractivity contribution < 1.29 is 9.59 Å². The van der Waals surface area contributed by atoms with E-state index in [4.69, 9.17) is 5.73 Å². The van der Waals surface area contributed by atoms with E-state index in [2.05, 4.69) is 10.6 Å². The lowest BCUT2D eigenvalue weighted by Gasteiger charge is -2.32. The zero-order valence-electron chi connectivity index (χ0n) is 10.6. The standard InChI is InChI=1S/C12H23N3O2/c1-12(6-4-7-14-9-12)11(17)15-8-3-2-5-10(13)16/h14H,2-9H2,1H3,(H2,13,16)(H,15,17). The van der Waals surface area contributed by atoms with Crippen molar-refractivity contribution in [2.75, 3.05) is 19.6 Å². The summed E-state index contributed by atoms with van der Waals surface area (Å²) in [6, 6.07) is 0. The highest BCUT2D eigenvalue weighted by Crippen LogP contribution is 2.25. The van der Waals surface area contributed by atoms with E-state index in [1.54, 1.807) is 0 Å². The molecule has 17 heavy (non-hydrogen) atoms. The van der Waals surface area contributed by atoms with Gasteiger partial charge in [0.05, 0.1) is 5.41 Å². The van der Waals surface area contributed by atoms with Crippen LogP contribution in [-0.2, 0) is 9.59 Å². The molecule has 5 heteroatoms. The van der Waals surface area contributed by atoms with Gasteiger partial charge in [-0.3, -0.25) is 9.59 Å². The van der Waals surface area contributed by atoms with Crippen LogP contribution in [-0.4, -0.2) is 31.4 Å². The van der Waals surface area contributed by atoms with Gasteiger partial charge in [-0.1, -0.05) is 0 Å². The van der Waals surface area contributed by atoms with Gasteiger partial charge < -0.3 is 16.4 Å². The van der Waals surface area contributed by atoms with Crippen LogP contribution in [0.25, 0.3) is 0 Å². The topological polar surface area (TPSA) is 84.2 Å². The average molecular weight is 241 g/mol. The molecule has 0 saturated carbocycles. The van der Waals surface area contributed by atoms with Crippen molar-refractivity contribution in [1.29, 1.82) is 0 Å². The molecule has 1 rings (SSSR count). The number of hydrogen-bond donors (Lipinski definition) is 3. The summed E-state index contributed by atoms with van der Waals surface area (Å²) in [5.74, 6) is -0.163.